The van der Waals surface area contributed by atoms with E-state index in [1.165, 1.54) is 0 Å². The number of allylic oxidation sites excluding steroid dienone is 2. The van der Waals surface area contributed by atoms with Crippen molar-refractivity contribution in [1.82, 2.24) is 5.32 Å². The molecule has 0 unspecified atom stereocenters. The van der Waals surface area contributed by atoms with E-state index in [1.54, 1.807) is 6.26 Å². The van der Waals surface area contributed by atoms with Gasteiger partial charge in [-0.2, -0.15) is 0 Å². The predicted octanol–water partition coefficient (Wildman–Crippen LogP) is 1.06. The molecule has 0 saturated heterocycles. The van der Waals surface area contributed by atoms with E-state index in [0.717, 1.165) is 12.2 Å². The molecule has 2 radical (unpaired) electrons. The first-order valence-electron chi connectivity index (χ1n) is 2.96. The summed E-state index contributed by atoms with van der Waals surface area (Å²) in [4.78, 5) is 0. The highest BCUT2D eigenvalue weighted by atomic mass is 16.5. The van der Waals surface area contributed by atoms with Gasteiger partial charge < -0.3 is 10.1 Å². The fraction of sp³-hybridized carbons (Fsp3) is 0.286. The second-order valence-corrected chi connectivity index (χ2v) is 1.66. The van der Waals surface area contributed by atoms with E-state index in [4.69, 9.17) is 4.74 Å². The van der Waals surface area contributed by atoms with Gasteiger partial charge in [-0.1, -0.05) is 0 Å². The fourth-order valence-electron chi connectivity index (χ4n) is 0.592. The van der Waals surface area contributed by atoms with Crippen molar-refractivity contribution in [2.24, 2.45) is 0 Å². The molecule has 0 fully saturated rings. The third kappa shape index (κ3) is 1.80. The van der Waals surface area contributed by atoms with Crippen molar-refractivity contribution in [3.63, 3.8) is 0 Å². The van der Waals surface area contributed by atoms with Gasteiger partial charge in [0.05, 0.1) is 12.0 Å². The van der Waals surface area contributed by atoms with Crippen molar-refractivity contribution < 1.29 is 4.74 Å². The van der Waals surface area contributed by atoms with Crippen LogP contribution < -0.4 is 5.32 Å². The van der Waals surface area contributed by atoms with E-state index in [9.17, 15) is 0 Å². The lowest BCUT2D eigenvalue weighted by Gasteiger charge is -2.07. The zero-order valence-electron chi connectivity index (χ0n) is 5.35. The van der Waals surface area contributed by atoms with Gasteiger partial charge in [-0.15, -0.1) is 0 Å². The molecule has 48 valence electrons. The summed E-state index contributed by atoms with van der Waals surface area (Å²) in [6.07, 6.45) is 5.32. The Morgan fingerprint density at radius 1 is 1.78 bits per heavy atom. The maximum absolute atomic E-state index is 4.77. The van der Waals surface area contributed by atoms with Crippen LogP contribution in [0.5, 0.6) is 0 Å². The van der Waals surface area contributed by atoms with Gasteiger partial charge in [-0.05, 0) is 19.1 Å². The van der Waals surface area contributed by atoms with E-state index in [1.807, 2.05) is 19.1 Å². The van der Waals surface area contributed by atoms with Crippen molar-refractivity contribution >= 4 is 0 Å². The van der Waals surface area contributed by atoms with Crippen LogP contribution in [-0.2, 0) is 4.74 Å². The van der Waals surface area contributed by atoms with Gasteiger partial charge in [0, 0.05) is 6.54 Å². The molecule has 2 heteroatoms. The lowest BCUT2D eigenvalue weighted by atomic mass is 10.3. The highest BCUT2D eigenvalue weighted by molar-refractivity contribution is 5.18. The molecule has 0 spiro atoms. The van der Waals surface area contributed by atoms with Gasteiger partial charge in [-0.25, -0.2) is 0 Å². The third-order valence-corrected chi connectivity index (χ3v) is 0.946. The molecule has 0 atom stereocenters. The molecule has 1 aliphatic heterocycles. The molecular weight excluding hydrogens is 114 g/mol. The van der Waals surface area contributed by atoms with E-state index >= 15 is 0 Å². The topological polar surface area (TPSA) is 21.3 Å². The Morgan fingerprint density at radius 2 is 2.67 bits per heavy atom. The average molecular weight is 123 g/mol. The average Bonchev–Trinajstić information content (AvgIpc) is 1.91. The van der Waals surface area contributed by atoms with E-state index in [-0.39, 0.29) is 0 Å². The molecule has 9 heavy (non-hydrogen) atoms. The highest BCUT2D eigenvalue weighted by Crippen LogP contribution is 2.02. The minimum absolute atomic E-state index is 0.899. The maximum atomic E-state index is 4.77. The van der Waals surface area contributed by atoms with E-state index < -0.39 is 0 Å². The summed E-state index contributed by atoms with van der Waals surface area (Å²) in [5.41, 5.74) is 0.903. The van der Waals surface area contributed by atoms with Crippen LogP contribution in [0.3, 0.4) is 0 Å². The molecular formula is C7H9NO. The quantitative estimate of drug-likeness (QED) is 0.592. The molecule has 0 bridgehead atoms. The van der Waals surface area contributed by atoms with Crippen molar-refractivity contribution in [2.75, 3.05) is 6.54 Å². The molecule has 1 heterocycles. The molecule has 0 aromatic rings. The van der Waals surface area contributed by atoms with Crippen molar-refractivity contribution in [2.45, 2.75) is 6.92 Å². The highest BCUT2D eigenvalue weighted by Gasteiger charge is 1.98. The Balaban J connectivity index is 2.38. The molecule has 0 aromatic carbocycles. The zero-order valence-corrected chi connectivity index (χ0v) is 5.35. The molecule has 0 aliphatic carbocycles. The van der Waals surface area contributed by atoms with Gasteiger partial charge in [-0.3, -0.25) is 0 Å². The van der Waals surface area contributed by atoms with Crippen LogP contribution in [0.25, 0.3) is 0 Å². The lowest BCUT2D eigenvalue weighted by molar-refractivity contribution is 0.339. The first-order chi connectivity index (χ1) is 4.43. The number of likely N-dealkylation sites (N-methyl/N-ethyl adjacent to an activating group) is 1. The minimum Gasteiger partial charge on any atom is -0.479 e. The first-order valence-corrected chi connectivity index (χ1v) is 2.96. The standard InChI is InChI=1S/C7H9NO/c1-2-8-7-4-3-5-9-6-7/h3-5,8H,2H2,1H3. The fourth-order valence-corrected chi connectivity index (χ4v) is 0.592. The summed E-state index contributed by atoms with van der Waals surface area (Å²) in [7, 11) is 0. The molecule has 0 amide bonds. The largest absolute Gasteiger partial charge is 0.479 e. The summed E-state index contributed by atoms with van der Waals surface area (Å²) < 4.78 is 4.77. The number of nitrogens with one attached hydrogen (secondary N) is 1. The van der Waals surface area contributed by atoms with Crippen LogP contribution in [-0.4, -0.2) is 6.54 Å². The van der Waals surface area contributed by atoms with Crippen LogP contribution >= 0.6 is 0 Å². The maximum Gasteiger partial charge on any atom is 0.246 e. The first kappa shape index (κ1) is 6.20. The van der Waals surface area contributed by atoms with Gasteiger partial charge >= 0.3 is 0 Å². The van der Waals surface area contributed by atoms with E-state index in [0.29, 0.717) is 0 Å². The molecule has 1 N–H and O–H groups in total. The van der Waals surface area contributed by atoms with Crippen molar-refractivity contribution in [3.05, 3.63) is 30.7 Å². The third-order valence-electron chi connectivity index (χ3n) is 0.946. The summed E-state index contributed by atoms with van der Waals surface area (Å²) in [6, 6.07) is 0. The van der Waals surface area contributed by atoms with Crippen LogP contribution in [0.15, 0.2) is 24.1 Å². The second kappa shape index (κ2) is 3.17. The Labute approximate surface area is 55.2 Å². The van der Waals surface area contributed by atoms with Crippen molar-refractivity contribution in [1.29, 1.82) is 0 Å². The monoisotopic (exact) mass is 123 g/mol. The molecule has 0 saturated carbocycles. The number of ether oxygens (including phenoxy) is 1. The van der Waals surface area contributed by atoms with Crippen LogP contribution in [0.4, 0.5) is 0 Å². The predicted molar refractivity (Wildman–Crippen MR) is 35.2 cm³/mol. The Kier molecular flexibility index (Phi) is 2.19. The van der Waals surface area contributed by atoms with Gasteiger partial charge in [0.2, 0.25) is 6.61 Å². The Hall–Kier alpha value is -0.920. The Morgan fingerprint density at radius 3 is 3.22 bits per heavy atom. The summed E-state index contributed by atoms with van der Waals surface area (Å²) >= 11 is 0. The SMILES string of the molecule is CCNC1=CC=CO[C]1. The molecule has 1 rings (SSSR count). The summed E-state index contributed by atoms with van der Waals surface area (Å²) in [5.74, 6) is 0. The number of hydrogen-bond acceptors (Lipinski definition) is 2. The normalized spacial score (nSPS) is 16.3. The minimum atomic E-state index is 0.899. The number of rotatable bonds is 2. The molecule has 0 aromatic heterocycles. The summed E-state index contributed by atoms with van der Waals surface area (Å²) in [5, 5.41) is 3.06. The van der Waals surface area contributed by atoms with E-state index in [2.05, 4.69) is 11.9 Å². The number of hydrogen-bond donors (Lipinski definition) is 1. The lowest BCUT2D eigenvalue weighted by Crippen LogP contribution is -2.13. The van der Waals surface area contributed by atoms with Crippen LogP contribution in [0.1, 0.15) is 6.92 Å². The molecule has 1 aliphatic rings. The summed E-state index contributed by atoms with van der Waals surface area (Å²) in [6.45, 7) is 5.61. The van der Waals surface area contributed by atoms with Gasteiger partial charge in [0.1, 0.15) is 0 Å². The zero-order chi connectivity index (χ0) is 6.53. The Bertz CT molecular complexity index is 138. The van der Waals surface area contributed by atoms with Crippen molar-refractivity contribution in [3.8, 4) is 0 Å². The van der Waals surface area contributed by atoms with Crippen LogP contribution in [0, 0.1) is 6.61 Å². The van der Waals surface area contributed by atoms with Crippen LogP contribution in [0.2, 0.25) is 0 Å². The van der Waals surface area contributed by atoms with Gasteiger partial charge in [0.15, 0.2) is 0 Å². The van der Waals surface area contributed by atoms with Gasteiger partial charge in [0.25, 0.3) is 0 Å². The smallest absolute Gasteiger partial charge is 0.246 e. The second-order valence-electron chi connectivity index (χ2n) is 1.66. The molecule has 2 nitrogen and oxygen atoms in total.